The molecule has 2 rings (SSSR count). The van der Waals surface area contributed by atoms with Crippen molar-refractivity contribution < 1.29 is 9.53 Å². The second-order valence-electron chi connectivity index (χ2n) is 4.12. The summed E-state index contributed by atoms with van der Waals surface area (Å²) < 4.78 is 4.97. The Bertz CT molecular complexity index is 389. The molecule has 86 valence electrons. The van der Waals surface area contributed by atoms with Gasteiger partial charge in [0.1, 0.15) is 6.04 Å². The number of carbonyl (C=O) groups excluding carboxylic acids is 1. The number of aryl methyl sites for hydroxylation is 1. The maximum Gasteiger partial charge on any atom is 0.323 e. The van der Waals surface area contributed by atoms with Crippen LogP contribution in [0.3, 0.4) is 0 Å². The molecule has 0 heterocycles. The highest BCUT2D eigenvalue weighted by Gasteiger charge is 2.32. The van der Waals surface area contributed by atoms with Gasteiger partial charge in [-0.2, -0.15) is 0 Å². The van der Waals surface area contributed by atoms with Crippen molar-refractivity contribution >= 4 is 5.97 Å². The summed E-state index contributed by atoms with van der Waals surface area (Å²) in [5, 5.41) is 0. The largest absolute Gasteiger partial charge is 0.465 e. The van der Waals surface area contributed by atoms with E-state index in [9.17, 15) is 4.79 Å². The lowest BCUT2D eigenvalue weighted by molar-refractivity contribution is -0.145. The fraction of sp³-hybridized carbons (Fsp3) is 0.462. The van der Waals surface area contributed by atoms with Crippen LogP contribution in [-0.4, -0.2) is 18.6 Å². The third kappa shape index (κ3) is 1.95. The molecule has 1 aromatic carbocycles. The fourth-order valence-electron chi connectivity index (χ4n) is 2.37. The topological polar surface area (TPSA) is 52.3 Å². The molecular formula is C13H17NO2. The minimum atomic E-state index is -0.524. The molecule has 1 unspecified atom stereocenters. The zero-order valence-corrected chi connectivity index (χ0v) is 9.48. The minimum absolute atomic E-state index is 0.121. The standard InChI is InChI=1S/C13H17NO2/c1-2-16-13(15)12(14)11-8-7-9-5-3-4-6-10(9)11/h3-6,11-12H,2,7-8,14H2,1H3/t11?,12-/m1/s1. The molecule has 0 spiro atoms. The summed E-state index contributed by atoms with van der Waals surface area (Å²) in [4.78, 5) is 11.6. The van der Waals surface area contributed by atoms with Gasteiger partial charge in [0.25, 0.3) is 0 Å². The number of hydrogen-bond acceptors (Lipinski definition) is 3. The summed E-state index contributed by atoms with van der Waals surface area (Å²) in [6, 6.07) is 7.66. The lowest BCUT2D eigenvalue weighted by Gasteiger charge is -2.18. The Hall–Kier alpha value is -1.35. The summed E-state index contributed by atoms with van der Waals surface area (Å²) in [5.41, 5.74) is 8.47. The molecule has 2 atom stereocenters. The van der Waals surface area contributed by atoms with Gasteiger partial charge in [0.05, 0.1) is 6.61 Å². The summed E-state index contributed by atoms with van der Waals surface area (Å²) in [5.74, 6) is -0.167. The van der Waals surface area contributed by atoms with E-state index < -0.39 is 6.04 Å². The Kier molecular flexibility index (Phi) is 3.25. The van der Waals surface area contributed by atoms with Crippen molar-refractivity contribution in [1.82, 2.24) is 0 Å². The molecule has 0 saturated carbocycles. The van der Waals surface area contributed by atoms with Crippen molar-refractivity contribution in [2.45, 2.75) is 31.7 Å². The Morgan fingerprint density at radius 1 is 1.56 bits per heavy atom. The van der Waals surface area contributed by atoms with Crippen molar-refractivity contribution in [3.8, 4) is 0 Å². The van der Waals surface area contributed by atoms with Crippen LogP contribution in [0.5, 0.6) is 0 Å². The number of carbonyl (C=O) groups is 1. The molecule has 2 N–H and O–H groups in total. The lowest BCUT2D eigenvalue weighted by Crippen LogP contribution is -2.37. The van der Waals surface area contributed by atoms with E-state index in [2.05, 4.69) is 12.1 Å². The first-order chi connectivity index (χ1) is 7.74. The Morgan fingerprint density at radius 3 is 3.06 bits per heavy atom. The first-order valence-electron chi connectivity index (χ1n) is 5.74. The van der Waals surface area contributed by atoms with Crippen molar-refractivity contribution in [3.63, 3.8) is 0 Å². The first-order valence-corrected chi connectivity index (χ1v) is 5.74. The number of ether oxygens (including phenoxy) is 1. The SMILES string of the molecule is CCOC(=O)[C@H](N)C1CCc2ccccc21. The van der Waals surface area contributed by atoms with Crippen molar-refractivity contribution in [2.24, 2.45) is 5.73 Å². The third-order valence-electron chi connectivity index (χ3n) is 3.17. The number of rotatable bonds is 3. The van der Waals surface area contributed by atoms with Crippen molar-refractivity contribution in [2.75, 3.05) is 6.61 Å². The van der Waals surface area contributed by atoms with Gasteiger partial charge >= 0.3 is 5.97 Å². The summed E-state index contributed by atoms with van der Waals surface area (Å²) >= 11 is 0. The lowest BCUT2D eigenvalue weighted by atomic mass is 9.94. The summed E-state index contributed by atoms with van der Waals surface area (Å²) in [6.07, 6.45) is 1.95. The van der Waals surface area contributed by atoms with Gasteiger partial charge in [-0.25, -0.2) is 0 Å². The van der Waals surface area contributed by atoms with Crippen LogP contribution in [0.4, 0.5) is 0 Å². The Morgan fingerprint density at radius 2 is 2.31 bits per heavy atom. The van der Waals surface area contributed by atoms with Gasteiger partial charge in [-0.05, 0) is 30.9 Å². The monoisotopic (exact) mass is 219 g/mol. The van der Waals surface area contributed by atoms with Crippen LogP contribution in [0.25, 0.3) is 0 Å². The van der Waals surface area contributed by atoms with Crippen LogP contribution >= 0.6 is 0 Å². The van der Waals surface area contributed by atoms with E-state index in [-0.39, 0.29) is 11.9 Å². The number of esters is 1. The van der Waals surface area contributed by atoms with Gasteiger partial charge in [-0.1, -0.05) is 24.3 Å². The fourth-order valence-corrected chi connectivity index (χ4v) is 2.37. The molecule has 0 radical (unpaired) electrons. The van der Waals surface area contributed by atoms with Crippen LogP contribution in [0.2, 0.25) is 0 Å². The van der Waals surface area contributed by atoms with Crippen LogP contribution in [-0.2, 0) is 16.0 Å². The predicted octanol–water partition coefficient (Wildman–Crippen LogP) is 1.61. The van der Waals surface area contributed by atoms with E-state index >= 15 is 0 Å². The molecule has 3 heteroatoms. The van der Waals surface area contributed by atoms with E-state index in [0.29, 0.717) is 6.61 Å². The average Bonchev–Trinajstić information content (AvgIpc) is 2.72. The molecule has 1 aliphatic rings. The highest BCUT2D eigenvalue weighted by Crippen LogP contribution is 2.34. The highest BCUT2D eigenvalue weighted by atomic mass is 16.5. The van der Waals surface area contributed by atoms with Gasteiger partial charge in [0.2, 0.25) is 0 Å². The molecular weight excluding hydrogens is 202 g/mol. The molecule has 0 bridgehead atoms. The summed E-state index contributed by atoms with van der Waals surface area (Å²) in [7, 11) is 0. The van der Waals surface area contributed by atoms with Crippen LogP contribution in [0.15, 0.2) is 24.3 Å². The van der Waals surface area contributed by atoms with Crippen LogP contribution in [0, 0.1) is 0 Å². The average molecular weight is 219 g/mol. The molecule has 1 aromatic rings. The van der Waals surface area contributed by atoms with E-state index in [1.54, 1.807) is 6.92 Å². The van der Waals surface area contributed by atoms with Gasteiger partial charge in [0.15, 0.2) is 0 Å². The molecule has 16 heavy (non-hydrogen) atoms. The Labute approximate surface area is 95.6 Å². The molecule has 0 fully saturated rings. The minimum Gasteiger partial charge on any atom is -0.465 e. The second-order valence-corrected chi connectivity index (χ2v) is 4.12. The second kappa shape index (κ2) is 4.66. The maximum absolute atomic E-state index is 11.6. The van der Waals surface area contributed by atoms with E-state index in [1.165, 1.54) is 11.1 Å². The van der Waals surface area contributed by atoms with E-state index in [1.807, 2.05) is 12.1 Å². The highest BCUT2D eigenvalue weighted by molar-refractivity contribution is 5.77. The van der Waals surface area contributed by atoms with Crippen LogP contribution in [0.1, 0.15) is 30.4 Å². The first kappa shape index (κ1) is 11.1. The number of benzene rings is 1. The predicted molar refractivity (Wildman–Crippen MR) is 62.1 cm³/mol. The molecule has 0 aromatic heterocycles. The smallest absolute Gasteiger partial charge is 0.323 e. The zero-order valence-electron chi connectivity index (χ0n) is 9.48. The Balaban J connectivity index is 2.15. The van der Waals surface area contributed by atoms with Gasteiger partial charge in [-0.15, -0.1) is 0 Å². The number of fused-ring (bicyclic) bond motifs is 1. The van der Waals surface area contributed by atoms with E-state index in [0.717, 1.165) is 12.8 Å². The number of nitrogens with two attached hydrogens (primary N) is 1. The van der Waals surface area contributed by atoms with Gasteiger partial charge in [-0.3, -0.25) is 4.79 Å². The van der Waals surface area contributed by atoms with Crippen LogP contribution < -0.4 is 5.73 Å². The van der Waals surface area contributed by atoms with Gasteiger partial charge < -0.3 is 10.5 Å². The third-order valence-corrected chi connectivity index (χ3v) is 3.17. The molecule has 0 saturated heterocycles. The maximum atomic E-state index is 11.6. The van der Waals surface area contributed by atoms with Crippen molar-refractivity contribution in [3.05, 3.63) is 35.4 Å². The van der Waals surface area contributed by atoms with E-state index in [4.69, 9.17) is 10.5 Å². The van der Waals surface area contributed by atoms with Crippen molar-refractivity contribution in [1.29, 1.82) is 0 Å². The molecule has 3 nitrogen and oxygen atoms in total. The normalized spacial score (nSPS) is 20.2. The molecule has 1 aliphatic carbocycles. The number of hydrogen-bond donors (Lipinski definition) is 1. The molecule has 0 aliphatic heterocycles. The van der Waals surface area contributed by atoms with Gasteiger partial charge in [0, 0.05) is 5.92 Å². The quantitative estimate of drug-likeness (QED) is 0.786. The molecule has 0 amide bonds. The summed E-state index contributed by atoms with van der Waals surface area (Å²) in [6.45, 7) is 2.19. The zero-order chi connectivity index (χ0) is 11.5.